The van der Waals surface area contributed by atoms with Gasteiger partial charge in [-0.15, -0.1) is 11.3 Å². The fourth-order valence-electron chi connectivity index (χ4n) is 3.57. The van der Waals surface area contributed by atoms with Crippen LogP contribution < -0.4 is 14.8 Å². The molecule has 3 rings (SSSR count). The Labute approximate surface area is 198 Å². The average molecular weight is 477 g/mol. The minimum Gasteiger partial charge on any atom is -0.493 e. The maximum atomic E-state index is 13.3. The van der Waals surface area contributed by atoms with E-state index >= 15 is 0 Å². The third-order valence-corrected chi connectivity index (χ3v) is 6.52. The molecule has 1 aliphatic heterocycles. The highest BCUT2D eigenvalue weighted by molar-refractivity contribution is 7.15. The zero-order valence-corrected chi connectivity index (χ0v) is 20.5. The molecule has 33 heavy (non-hydrogen) atoms. The second kappa shape index (κ2) is 12.0. The van der Waals surface area contributed by atoms with Crippen LogP contribution in [0.2, 0.25) is 0 Å². The van der Waals surface area contributed by atoms with Gasteiger partial charge in [-0.2, -0.15) is 0 Å². The summed E-state index contributed by atoms with van der Waals surface area (Å²) in [7, 11) is 3.07. The van der Waals surface area contributed by atoms with E-state index in [2.05, 4.69) is 15.2 Å². The summed E-state index contributed by atoms with van der Waals surface area (Å²) in [5.74, 6) is 0.499. The lowest BCUT2D eigenvalue weighted by Gasteiger charge is -2.28. The molecule has 1 aromatic heterocycles. The Bertz CT molecular complexity index is 939. The zero-order chi connectivity index (χ0) is 23.8. The fourth-order valence-corrected chi connectivity index (χ4v) is 4.40. The van der Waals surface area contributed by atoms with Crippen molar-refractivity contribution in [2.24, 2.45) is 0 Å². The zero-order valence-electron chi connectivity index (χ0n) is 19.7. The van der Waals surface area contributed by atoms with Crippen molar-refractivity contribution in [1.82, 2.24) is 14.8 Å². The Morgan fingerprint density at radius 3 is 2.55 bits per heavy atom. The Hall–Kier alpha value is -2.69. The molecular formula is C23H32N4O5S. The summed E-state index contributed by atoms with van der Waals surface area (Å²) in [6.45, 7) is 8.31. The van der Waals surface area contributed by atoms with Crippen molar-refractivity contribution in [2.45, 2.75) is 20.3 Å². The summed E-state index contributed by atoms with van der Waals surface area (Å²) in [5, 5.41) is 3.37. The molecule has 180 valence electrons. The minimum absolute atomic E-state index is 0.0615. The van der Waals surface area contributed by atoms with E-state index in [4.69, 9.17) is 14.2 Å². The number of hydrogen-bond donors (Lipinski definition) is 1. The van der Waals surface area contributed by atoms with E-state index < -0.39 is 0 Å². The van der Waals surface area contributed by atoms with Gasteiger partial charge in [0.15, 0.2) is 16.6 Å². The second-order valence-corrected chi connectivity index (χ2v) is 9.02. The van der Waals surface area contributed by atoms with Crippen LogP contribution in [0.15, 0.2) is 18.2 Å². The molecule has 0 aliphatic carbocycles. The number of hydrogen-bond acceptors (Lipinski definition) is 8. The first-order valence-electron chi connectivity index (χ1n) is 11.0. The van der Waals surface area contributed by atoms with Gasteiger partial charge >= 0.3 is 0 Å². The lowest BCUT2D eigenvalue weighted by atomic mass is 10.1. The van der Waals surface area contributed by atoms with Crippen molar-refractivity contribution >= 4 is 28.3 Å². The maximum absolute atomic E-state index is 13.3. The van der Waals surface area contributed by atoms with Gasteiger partial charge in [-0.3, -0.25) is 14.5 Å². The lowest BCUT2D eigenvalue weighted by Crippen LogP contribution is -2.41. The van der Waals surface area contributed by atoms with E-state index in [1.165, 1.54) is 18.4 Å². The van der Waals surface area contributed by atoms with Crippen LogP contribution in [0.3, 0.4) is 0 Å². The number of carbonyl (C=O) groups excluding carboxylic acids is 2. The van der Waals surface area contributed by atoms with Crippen molar-refractivity contribution in [1.29, 1.82) is 0 Å². The molecule has 2 aromatic rings. The van der Waals surface area contributed by atoms with E-state index in [0.717, 1.165) is 49.8 Å². The van der Waals surface area contributed by atoms with Gasteiger partial charge in [-0.05, 0) is 38.5 Å². The number of aryl methyl sites for hydroxylation is 2. The summed E-state index contributed by atoms with van der Waals surface area (Å²) in [6.07, 6.45) is 0.752. The molecule has 1 fully saturated rings. The number of anilines is 1. The van der Waals surface area contributed by atoms with Gasteiger partial charge in [0, 0.05) is 36.6 Å². The number of benzene rings is 1. The third-order valence-electron chi connectivity index (χ3n) is 5.53. The van der Waals surface area contributed by atoms with Gasteiger partial charge in [0.2, 0.25) is 5.91 Å². The van der Waals surface area contributed by atoms with Crippen LogP contribution in [0.1, 0.15) is 27.3 Å². The molecule has 10 heteroatoms. The van der Waals surface area contributed by atoms with Crippen molar-refractivity contribution < 1.29 is 23.8 Å². The second-order valence-electron chi connectivity index (χ2n) is 7.81. The van der Waals surface area contributed by atoms with Gasteiger partial charge in [-0.1, -0.05) is 0 Å². The maximum Gasteiger partial charge on any atom is 0.254 e. The number of thiazole rings is 1. The molecule has 0 saturated carbocycles. The van der Waals surface area contributed by atoms with Crippen molar-refractivity contribution in [3.63, 3.8) is 0 Å². The molecule has 1 aromatic carbocycles. The number of nitrogens with zero attached hydrogens (tertiary/aromatic N) is 3. The highest BCUT2D eigenvalue weighted by Gasteiger charge is 2.22. The van der Waals surface area contributed by atoms with Crippen LogP contribution in [0.5, 0.6) is 11.5 Å². The lowest BCUT2D eigenvalue weighted by molar-refractivity contribution is -0.116. The van der Waals surface area contributed by atoms with Crippen LogP contribution in [0.25, 0.3) is 0 Å². The molecular weight excluding hydrogens is 444 g/mol. The van der Waals surface area contributed by atoms with E-state index in [0.29, 0.717) is 28.7 Å². The highest BCUT2D eigenvalue weighted by atomic mass is 32.1. The van der Waals surface area contributed by atoms with Crippen LogP contribution >= 0.6 is 11.3 Å². The number of amides is 2. The first-order chi connectivity index (χ1) is 15.9. The SMILES string of the molecule is COc1ccc(C(=O)N(CCCN2CCOCC2)CC(=O)Nc2nc(C)c(C)s2)cc1OC. The van der Waals surface area contributed by atoms with E-state index in [1.54, 1.807) is 30.2 Å². The molecule has 1 saturated heterocycles. The first-order valence-corrected chi connectivity index (χ1v) is 11.8. The molecule has 1 N–H and O–H groups in total. The van der Waals surface area contributed by atoms with E-state index in [-0.39, 0.29) is 18.4 Å². The molecule has 0 bridgehead atoms. The normalized spacial score (nSPS) is 14.1. The number of morpholine rings is 1. The average Bonchev–Trinajstić information content (AvgIpc) is 3.14. The summed E-state index contributed by atoms with van der Waals surface area (Å²) in [5.41, 5.74) is 1.33. The molecule has 9 nitrogen and oxygen atoms in total. The predicted molar refractivity (Wildman–Crippen MR) is 128 cm³/mol. The van der Waals surface area contributed by atoms with Crippen LogP contribution in [-0.2, 0) is 9.53 Å². The smallest absolute Gasteiger partial charge is 0.254 e. The predicted octanol–water partition coefficient (Wildman–Crippen LogP) is 2.58. The number of carbonyl (C=O) groups is 2. The third kappa shape index (κ3) is 6.89. The molecule has 0 radical (unpaired) electrons. The van der Waals surface area contributed by atoms with Gasteiger partial charge < -0.3 is 24.4 Å². The van der Waals surface area contributed by atoms with Crippen LogP contribution in [0.4, 0.5) is 5.13 Å². The number of methoxy groups -OCH3 is 2. The largest absolute Gasteiger partial charge is 0.493 e. The molecule has 0 unspecified atom stereocenters. The van der Waals surface area contributed by atoms with Gasteiger partial charge in [0.25, 0.3) is 5.91 Å². The van der Waals surface area contributed by atoms with Gasteiger partial charge in [-0.25, -0.2) is 4.98 Å². The fraction of sp³-hybridized carbons (Fsp3) is 0.522. The molecule has 2 amide bonds. The number of rotatable bonds is 10. The Balaban J connectivity index is 1.70. The summed E-state index contributed by atoms with van der Waals surface area (Å²) in [4.78, 5) is 35.4. The highest BCUT2D eigenvalue weighted by Crippen LogP contribution is 2.28. The van der Waals surface area contributed by atoms with Crippen LogP contribution in [0, 0.1) is 13.8 Å². The topological polar surface area (TPSA) is 93.2 Å². The Morgan fingerprint density at radius 2 is 1.91 bits per heavy atom. The molecule has 0 atom stereocenters. The standard InChI is InChI=1S/C23H32N4O5S/c1-16-17(2)33-23(24-16)25-21(28)15-27(9-5-8-26-10-12-32-13-11-26)22(29)18-6-7-19(30-3)20(14-18)31-4/h6-7,14H,5,8-13,15H2,1-4H3,(H,24,25,28). The monoisotopic (exact) mass is 476 g/mol. The van der Waals surface area contributed by atoms with E-state index in [9.17, 15) is 9.59 Å². The van der Waals surface area contributed by atoms with Gasteiger partial charge in [0.05, 0.1) is 33.1 Å². The van der Waals surface area contributed by atoms with E-state index in [1.807, 2.05) is 13.8 Å². The van der Waals surface area contributed by atoms with Crippen molar-refractivity contribution in [3.05, 3.63) is 34.3 Å². The Kier molecular flexibility index (Phi) is 9.04. The minimum atomic E-state index is -0.274. The quantitative estimate of drug-likeness (QED) is 0.563. The Morgan fingerprint density at radius 1 is 1.18 bits per heavy atom. The van der Waals surface area contributed by atoms with Gasteiger partial charge in [0.1, 0.15) is 6.54 Å². The summed E-state index contributed by atoms with van der Waals surface area (Å²) >= 11 is 1.42. The van der Waals surface area contributed by atoms with Crippen LogP contribution in [-0.4, -0.2) is 86.8 Å². The summed E-state index contributed by atoms with van der Waals surface area (Å²) < 4.78 is 16.0. The van der Waals surface area contributed by atoms with Crippen molar-refractivity contribution in [3.8, 4) is 11.5 Å². The number of nitrogens with one attached hydrogen (secondary N) is 1. The molecule has 2 heterocycles. The molecule has 1 aliphatic rings. The number of ether oxygens (including phenoxy) is 3. The number of aromatic nitrogens is 1. The summed E-state index contributed by atoms with van der Waals surface area (Å²) in [6, 6.07) is 5.02. The van der Waals surface area contributed by atoms with Crippen molar-refractivity contribution in [2.75, 3.05) is 65.5 Å². The first kappa shape index (κ1) is 24.9. The molecule has 0 spiro atoms.